The monoisotopic (exact) mass is 463 g/mol. The van der Waals surface area contributed by atoms with Crippen LogP contribution in [0.5, 0.6) is 0 Å². The van der Waals surface area contributed by atoms with Crippen molar-refractivity contribution in [1.29, 1.82) is 0 Å². The van der Waals surface area contributed by atoms with Crippen molar-refractivity contribution in [1.82, 2.24) is 24.5 Å². The van der Waals surface area contributed by atoms with Crippen molar-refractivity contribution in [2.45, 2.75) is 53.4 Å². The summed E-state index contributed by atoms with van der Waals surface area (Å²) < 4.78 is 3.41. The summed E-state index contributed by atoms with van der Waals surface area (Å²) in [5, 5.41) is 9.55. The van der Waals surface area contributed by atoms with Gasteiger partial charge in [0.1, 0.15) is 5.69 Å². The van der Waals surface area contributed by atoms with Crippen molar-refractivity contribution in [3.63, 3.8) is 0 Å². The van der Waals surface area contributed by atoms with Crippen molar-refractivity contribution in [3.8, 4) is 16.9 Å². The number of para-hydroxylation sites is 1. The number of aromatic nitrogens is 4. The molecule has 0 aliphatic carbocycles. The number of nitrogens with one attached hydrogen (secondary N) is 1. The maximum absolute atomic E-state index is 13.6. The molecule has 0 unspecified atom stereocenters. The highest BCUT2D eigenvalue weighted by molar-refractivity contribution is 7.15. The Balaban J connectivity index is 1.71. The SMILES string of the molecule is CCCCCNC(=O)Cc1csc2nc(C)c(-c3cc(C)n(-c4ccccc4C)n3)c(=O)n12. The van der Waals surface area contributed by atoms with Gasteiger partial charge in [-0.2, -0.15) is 5.10 Å². The van der Waals surface area contributed by atoms with E-state index in [0.29, 0.717) is 34.2 Å². The molecule has 4 rings (SSSR count). The first kappa shape index (κ1) is 22.9. The first-order valence-corrected chi connectivity index (χ1v) is 12.2. The highest BCUT2D eigenvalue weighted by atomic mass is 32.1. The van der Waals surface area contributed by atoms with E-state index in [9.17, 15) is 9.59 Å². The first-order valence-electron chi connectivity index (χ1n) is 11.3. The van der Waals surface area contributed by atoms with Gasteiger partial charge in [-0.05, 0) is 44.9 Å². The van der Waals surface area contributed by atoms with Crippen LogP contribution in [0.1, 0.15) is 48.8 Å². The summed E-state index contributed by atoms with van der Waals surface area (Å²) in [5.41, 5.74) is 5.14. The molecule has 1 N–H and O–H groups in total. The Hall–Kier alpha value is -3.26. The number of rotatable bonds is 8. The Kier molecular flexibility index (Phi) is 6.74. The van der Waals surface area contributed by atoms with Crippen molar-refractivity contribution in [2.75, 3.05) is 6.54 Å². The van der Waals surface area contributed by atoms with Gasteiger partial charge in [0, 0.05) is 23.3 Å². The summed E-state index contributed by atoms with van der Waals surface area (Å²) >= 11 is 1.37. The molecule has 0 fully saturated rings. The van der Waals surface area contributed by atoms with Gasteiger partial charge in [-0.3, -0.25) is 14.0 Å². The Morgan fingerprint density at radius 3 is 2.70 bits per heavy atom. The van der Waals surface area contributed by atoms with Crippen LogP contribution in [0.3, 0.4) is 0 Å². The maximum Gasteiger partial charge on any atom is 0.268 e. The lowest BCUT2D eigenvalue weighted by Gasteiger charge is -2.08. The predicted molar refractivity (Wildman–Crippen MR) is 132 cm³/mol. The number of carbonyl (C=O) groups excluding carboxylic acids is 1. The van der Waals surface area contributed by atoms with E-state index in [1.807, 2.05) is 61.2 Å². The minimum atomic E-state index is -0.193. The number of thiazole rings is 1. The van der Waals surface area contributed by atoms with Crippen LogP contribution in [0.4, 0.5) is 0 Å². The fraction of sp³-hybridized carbons (Fsp3) is 0.360. The van der Waals surface area contributed by atoms with Crippen LogP contribution in [0.2, 0.25) is 0 Å². The van der Waals surface area contributed by atoms with Crippen LogP contribution in [-0.4, -0.2) is 31.6 Å². The van der Waals surface area contributed by atoms with Crippen LogP contribution in [0.25, 0.3) is 21.9 Å². The molecule has 8 heteroatoms. The molecule has 1 aromatic carbocycles. The van der Waals surface area contributed by atoms with Gasteiger partial charge in [0.15, 0.2) is 4.96 Å². The molecule has 1 amide bonds. The molecule has 0 bridgehead atoms. The van der Waals surface area contributed by atoms with Gasteiger partial charge < -0.3 is 5.32 Å². The largest absolute Gasteiger partial charge is 0.356 e. The molecule has 0 aliphatic rings. The maximum atomic E-state index is 13.6. The Morgan fingerprint density at radius 1 is 1.15 bits per heavy atom. The zero-order chi connectivity index (χ0) is 23.5. The molecule has 0 spiro atoms. The van der Waals surface area contributed by atoms with E-state index in [0.717, 1.165) is 36.2 Å². The number of carbonyl (C=O) groups is 1. The lowest BCUT2D eigenvalue weighted by molar-refractivity contribution is -0.120. The average Bonchev–Trinajstić information content (AvgIpc) is 3.35. The van der Waals surface area contributed by atoms with Crippen molar-refractivity contribution < 1.29 is 4.79 Å². The van der Waals surface area contributed by atoms with Crippen LogP contribution < -0.4 is 10.9 Å². The molecule has 7 nitrogen and oxygen atoms in total. The number of unbranched alkanes of at least 4 members (excludes halogenated alkanes) is 2. The van der Waals surface area contributed by atoms with Gasteiger partial charge in [0.25, 0.3) is 5.56 Å². The van der Waals surface area contributed by atoms with Crippen molar-refractivity contribution in [2.24, 2.45) is 0 Å². The van der Waals surface area contributed by atoms with E-state index >= 15 is 0 Å². The van der Waals surface area contributed by atoms with E-state index in [-0.39, 0.29) is 17.9 Å². The number of hydrogen-bond acceptors (Lipinski definition) is 5. The molecule has 4 aromatic rings. The summed E-state index contributed by atoms with van der Waals surface area (Å²) in [5.74, 6) is -0.0838. The first-order chi connectivity index (χ1) is 15.9. The Bertz CT molecular complexity index is 1370. The highest BCUT2D eigenvalue weighted by Gasteiger charge is 2.20. The molecule has 0 aliphatic heterocycles. The molecule has 0 saturated carbocycles. The molecule has 3 aromatic heterocycles. The lowest BCUT2D eigenvalue weighted by Crippen LogP contribution is -2.28. The third-order valence-electron chi connectivity index (χ3n) is 5.75. The summed E-state index contributed by atoms with van der Waals surface area (Å²) in [4.78, 5) is 31.3. The van der Waals surface area contributed by atoms with E-state index in [4.69, 9.17) is 5.10 Å². The van der Waals surface area contributed by atoms with Gasteiger partial charge in [0.2, 0.25) is 5.91 Å². The second-order valence-corrected chi connectivity index (χ2v) is 9.16. The molecule has 33 heavy (non-hydrogen) atoms. The van der Waals surface area contributed by atoms with Crippen molar-refractivity contribution in [3.05, 3.63) is 68.7 Å². The number of benzene rings is 1. The van der Waals surface area contributed by atoms with Gasteiger partial charge in [-0.15, -0.1) is 11.3 Å². The van der Waals surface area contributed by atoms with Crippen LogP contribution in [0.15, 0.2) is 40.5 Å². The Morgan fingerprint density at radius 2 is 1.94 bits per heavy atom. The minimum Gasteiger partial charge on any atom is -0.356 e. The number of hydrogen-bond donors (Lipinski definition) is 1. The van der Waals surface area contributed by atoms with Gasteiger partial charge in [-0.25, -0.2) is 9.67 Å². The zero-order valence-electron chi connectivity index (χ0n) is 19.5. The fourth-order valence-corrected chi connectivity index (χ4v) is 4.92. The minimum absolute atomic E-state index is 0.0838. The standard InChI is InChI=1S/C25H29N5O2S/c1-5-6-9-12-26-22(31)14-19-15-33-25-27-18(4)23(24(32)29(19)25)20-13-17(3)30(28-20)21-11-8-7-10-16(21)2/h7-8,10-11,13,15H,5-6,9,12,14H2,1-4H3,(H,26,31). The van der Waals surface area contributed by atoms with Gasteiger partial charge in [-0.1, -0.05) is 38.0 Å². The number of fused-ring (bicyclic) bond motifs is 1. The summed E-state index contributed by atoms with van der Waals surface area (Å²) in [6.07, 6.45) is 3.29. The van der Waals surface area contributed by atoms with Gasteiger partial charge >= 0.3 is 0 Å². The predicted octanol–water partition coefficient (Wildman–Crippen LogP) is 4.38. The van der Waals surface area contributed by atoms with E-state index in [1.165, 1.54) is 11.3 Å². The third-order valence-corrected chi connectivity index (χ3v) is 6.63. The third kappa shape index (κ3) is 4.61. The number of nitrogens with zero attached hydrogens (tertiary/aromatic N) is 4. The smallest absolute Gasteiger partial charge is 0.268 e. The molecule has 172 valence electrons. The second kappa shape index (κ2) is 9.70. The summed E-state index contributed by atoms with van der Waals surface area (Å²) in [6.45, 7) is 8.62. The van der Waals surface area contributed by atoms with Crippen LogP contribution in [-0.2, 0) is 11.2 Å². The molecular weight excluding hydrogens is 434 g/mol. The van der Waals surface area contributed by atoms with Crippen molar-refractivity contribution >= 4 is 22.2 Å². The molecule has 0 saturated heterocycles. The van der Waals surface area contributed by atoms with E-state index < -0.39 is 0 Å². The number of amides is 1. The van der Waals surface area contributed by atoms with Gasteiger partial charge in [0.05, 0.1) is 23.4 Å². The van der Waals surface area contributed by atoms with Crippen LogP contribution in [0, 0.1) is 20.8 Å². The number of aryl methyl sites for hydroxylation is 3. The van der Waals surface area contributed by atoms with E-state index in [2.05, 4.69) is 17.2 Å². The fourth-order valence-electron chi connectivity index (χ4n) is 4.00. The molecule has 0 radical (unpaired) electrons. The Labute approximate surface area is 197 Å². The molecular formula is C25H29N5O2S. The van der Waals surface area contributed by atoms with Crippen LogP contribution >= 0.6 is 11.3 Å². The zero-order valence-corrected chi connectivity index (χ0v) is 20.3. The quantitative estimate of drug-likeness (QED) is 0.393. The van der Waals surface area contributed by atoms with E-state index in [1.54, 1.807) is 4.40 Å². The average molecular weight is 464 g/mol. The lowest BCUT2D eigenvalue weighted by atomic mass is 10.1. The second-order valence-electron chi connectivity index (χ2n) is 8.33. The topological polar surface area (TPSA) is 81.3 Å². The summed E-state index contributed by atoms with van der Waals surface area (Å²) in [6, 6.07) is 9.93. The molecule has 3 heterocycles. The highest BCUT2D eigenvalue weighted by Crippen LogP contribution is 2.24. The molecule has 0 atom stereocenters. The summed E-state index contributed by atoms with van der Waals surface area (Å²) in [7, 11) is 0. The normalized spacial score (nSPS) is 11.3.